The Bertz CT molecular complexity index is 714. The highest BCUT2D eigenvalue weighted by Gasteiger charge is 2.11. The fraction of sp³-hybridized carbons (Fsp3) is 0.350. The molecular weight excluding hydrogens is 332 g/mol. The molecule has 0 heterocycles. The van der Waals surface area contributed by atoms with Crippen LogP contribution in [0.2, 0.25) is 0 Å². The predicted molar refractivity (Wildman–Crippen MR) is 108 cm³/mol. The summed E-state index contributed by atoms with van der Waals surface area (Å²) >= 11 is 5.45. The van der Waals surface area contributed by atoms with Gasteiger partial charge in [0.25, 0.3) is 0 Å². The van der Waals surface area contributed by atoms with Gasteiger partial charge in [0, 0.05) is 6.07 Å². The molecule has 2 rings (SSSR count). The summed E-state index contributed by atoms with van der Waals surface area (Å²) in [6, 6.07) is 14.3. The average Bonchev–Trinajstić information content (AvgIpc) is 2.61. The Hall–Kier alpha value is -2.27. The third-order valence-corrected chi connectivity index (χ3v) is 4.33. The number of ether oxygens (including phenoxy) is 2. The van der Waals surface area contributed by atoms with Gasteiger partial charge in [-0.3, -0.25) is 0 Å². The first-order chi connectivity index (χ1) is 11.9. The van der Waals surface area contributed by atoms with Crippen LogP contribution in [0, 0.1) is 0 Å². The molecule has 134 valence electrons. The lowest BCUT2D eigenvalue weighted by atomic mass is 10.00. The van der Waals surface area contributed by atoms with Crippen molar-refractivity contribution in [3.8, 4) is 11.5 Å². The minimum atomic E-state index is 0.0952. The molecule has 4 nitrogen and oxygen atoms in total. The minimum absolute atomic E-state index is 0.0952. The highest BCUT2D eigenvalue weighted by molar-refractivity contribution is 7.80. The summed E-state index contributed by atoms with van der Waals surface area (Å²) < 4.78 is 10.6. The monoisotopic (exact) mass is 358 g/mol. The topological polar surface area (TPSA) is 42.5 Å². The number of benzene rings is 2. The van der Waals surface area contributed by atoms with Gasteiger partial charge in [0.2, 0.25) is 0 Å². The van der Waals surface area contributed by atoms with Gasteiger partial charge in [-0.25, -0.2) is 0 Å². The normalized spacial score (nSPS) is 11.8. The molecule has 2 aromatic carbocycles. The molecule has 0 radical (unpaired) electrons. The van der Waals surface area contributed by atoms with Crippen molar-refractivity contribution in [2.75, 3.05) is 19.5 Å². The molecule has 1 unspecified atom stereocenters. The molecule has 0 bridgehead atoms. The van der Waals surface area contributed by atoms with Crippen molar-refractivity contribution < 1.29 is 9.47 Å². The minimum Gasteiger partial charge on any atom is -0.497 e. The Morgan fingerprint density at radius 3 is 2.12 bits per heavy atom. The lowest BCUT2D eigenvalue weighted by molar-refractivity contribution is 0.405. The Morgan fingerprint density at radius 1 is 0.920 bits per heavy atom. The molecule has 5 heteroatoms. The summed E-state index contributed by atoms with van der Waals surface area (Å²) in [5, 5.41) is 7.02. The van der Waals surface area contributed by atoms with Crippen LogP contribution in [0.4, 0.5) is 5.69 Å². The number of methoxy groups -OCH3 is 2. The zero-order valence-electron chi connectivity index (χ0n) is 15.4. The van der Waals surface area contributed by atoms with Crippen LogP contribution in [0.15, 0.2) is 42.5 Å². The van der Waals surface area contributed by atoms with E-state index in [4.69, 9.17) is 21.7 Å². The fourth-order valence-corrected chi connectivity index (χ4v) is 2.81. The van der Waals surface area contributed by atoms with E-state index >= 15 is 0 Å². The van der Waals surface area contributed by atoms with Crippen molar-refractivity contribution in [1.29, 1.82) is 0 Å². The fourth-order valence-electron chi connectivity index (χ4n) is 2.52. The second kappa shape index (κ2) is 8.72. The third kappa shape index (κ3) is 5.10. The number of nitrogens with one attached hydrogen (secondary N) is 2. The summed E-state index contributed by atoms with van der Waals surface area (Å²) in [5.41, 5.74) is 3.28. The number of anilines is 1. The lowest BCUT2D eigenvalue weighted by Crippen LogP contribution is -2.31. The van der Waals surface area contributed by atoms with E-state index in [0.29, 0.717) is 16.8 Å². The van der Waals surface area contributed by atoms with Gasteiger partial charge in [-0.05, 0) is 48.3 Å². The van der Waals surface area contributed by atoms with Crippen LogP contribution in [-0.2, 0) is 0 Å². The molecule has 0 aliphatic rings. The predicted octanol–water partition coefficient (Wildman–Crippen LogP) is 4.87. The largest absolute Gasteiger partial charge is 0.497 e. The smallest absolute Gasteiger partial charge is 0.171 e. The van der Waals surface area contributed by atoms with Crippen LogP contribution in [0.1, 0.15) is 43.9 Å². The van der Waals surface area contributed by atoms with E-state index in [1.54, 1.807) is 14.2 Å². The molecule has 1 atom stereocenters. The first-order valence-electron chi connectivity index (χ1n) is 8.34. The molecule has 2 aromatic rings. The van der Waals surface area contributed by atoms with Crippen LogP contribution in [0.25, 0.3) is 0 Å². The molecule has 0 fully saturated rings. The van der Waals surface area contributed by atoms with E-state index in [-0.39, 0.29) is 6.04 Å². The molecule has 2 N–H and O–H groups in total. The first-order valence-corrected chi connectivity index (χ1v) is 8.74. The Labute approximate surface area is 155 Å². The molecule has 25 heavy (non-hydrogen) atoms. The van der Waals surface area contributed by atoms with E-state index in [1.807, 2.05) is 18.2 Å². The first kappa shape index (κ1) is 19.1. The van der Waals surface area contributed by atoms with E-state index in [9.17, 15) is 0 Å². The van der Waals surface area contributed by atoms with Crippen molar-refractivity contribution in [1.82, 2.24) is 5.32 Å². The van der Waals surface area contributed by atoms with E-state index in [2.05, 4.69) is 55.7 Å². The second-order valence-electron chi connectivity index (χ2n) is 6.21. The van der Waals surface area contributed by atoms with Crippen LogP contribution < -0.4 is 20.1 Å². The molecule has 0 aliphatic carbocycles. The van der Waals surface area contributed by atoms with Gasteiger partial charge >= 0.3 is 0 Å². The van der Waals surface area contributed by atoms with Crippen molar-refractivity contribution in [2.45, 2.75) is 32.7 Å². The molecule has 0 saturated carbocycles. The average molecular weight is 359 g/mol. The highest BCUT2D eigenvalue weighted by atomic mass is 32.1. The van der Waals surface area contributed by atoms with Crippen LogP contribution >= 0.6 is 12.2 Å². The third-order valence-electron chi connectivity index (χ3n) is 4.11. The van der Waals surface area contributed by atoms with Gasteiger partial charge in [0.1, 0.15) is 11.5 Å². The molecule has 0 aromatic heterocycles. The summed E-state index contributed by atoms with van der Waals surface area (Å²) in [6.45, 7) is 6.47. The summed E-state index contributed by atoms with van der Waals surface area (Å²) in [5.74, 6) is 1.97. The summed E-state index contributed by atoms with van der Waals surface area (Å²) in [6.07, 6.45) is 0. The van der Waals surface area contributed by atoms with Crippen molar-refractivity contribution >= 4 is 23.0 Å². The maximum absolute atomic E-state index is 5.45. The van der Waals surface area contributed by atoms with Crippen molar-refractivity contribution in [2.24, 2.45) is 0 Å². The second-order valence-corrected chi connectivity index (χ2v) is 6.62. The summed E-state index contributed by atoms with van der Waals surface area (Å²) in [7, 11) is 3.26. The number of hydrogen-bond donors (Lipinski definition) is 2. The Kier molecular flexibility index (Phi) is 6.65. The maximum atomic E-state index is 5.45. The van der Waals surface area contributed by atoms with Gasteiger partial charge in [-0.1, -0.05) is 38.1 Å². The zero-order valence-corrected chi connectivity index (χ0v) is 16.2. The van der Waals surface area contributed by atoms with Crippen LogP contribution in [0.3, 0.4) is 0 Å². The summed E-state index contributed by atoms with van der Waals surface area (Å²) in [4.78, 5) is 0. The van der Waals surface area contributed by atoms with E-state index < -0.39 is 0 Å². The Morgan fingerprint density at radius 2 is 1.56 bits per heavy atom. The molecule has 0 spiro atoms. The standard InChI is InChI=1S/C20H26N2O2S/c1-13(2)15-6-8-16(9-7-15)14(3)21-20(25)22-18-12-17(23-4)10-11-19(18)24-5/h6-14H,1-5H3,(H2,21,22,25). The van der Waals surface area contributed by atoms with E-state index in [0.717, 1.165) is 11.4 Å². The highest BCUT2D eigenvalue weighted by Crippen LogP contribution is 2.29. The SMILES string of the molecule is COc1ccc(OC)c(NC(=S)NC(C)c2ccc(C(C)C)cc2)c1. The Balaban J connectivity index is 2.04. The number of rotatable bonds is 6. The van der Waals surface area contributed by atoms with Gasteiger partial charge in [0.05, 0.1) is 25.9 Å². The molecule has 0 aliphatic heterocycles. The number of thiocarbonyl (C=S) groups is 1. The van der Waals surface area contributed by atoms with Gasteiger partial charge in [0.15, 0.2) is 5.11 Å². The number of hydrogen-bond acceptors (Lipinski definition) is 3. The molecule has 0 saturated heterocycles. The quantitative estimate of drug-likeness (QED) is 0.721. The molecule has 0 amide bonds. The van der Waals surface area contributed by atoms with Gasteiger partial charge in [-0.15, -0.1) is 0 Å². The van der Waals surface area contributed by atoms with E-state index in [1.165, 1.54) is 11.1 Å². The molecular formula is C20H26N2O2S. The van der Waals surface area contributed by atoms with Crippen LogP contribution in [-0.4, -0.2) is 19.3 Å². The maximum Gasteiger partial charge on any atom is 0.171 e. The van der Waals surface area contributed by atoms with Gasteiger partial charge in [-0.2, -0.15) is 0 Å². The van der Waals surface area contributed by atoms with Crippen molar-refractivity contribution in [3.63, 3.8) is 0 Å². The van der Waals surface area contributed by atoms with Crippen molar-refractivity contribution in [3.05, 3.63) is 53.6 Å². The van der Waals surface area contributed by atoms with Gasteiger partial charge < -0.3 is 20.1 Å². The van der Waals surface area contributed by atoms with Crippen LogP contribution in [0.5, 0.6) is 11.5 Å². The zero-order chi connectivity index (χ0) is 18.4. The lowest BCUT2D eigenvalue weighted by Gasteiger charge is -2.19.